The molecule has 0 radical (unpaired) electrons. The smallest absolute Gasteiger partial charge is 0.239 e. The van der Waals surface area contributed by atoms with E-state index in [0.29, 0.717) is 11.8 Å². The summed E-state index contributed by atoms with van der Waals surface area (Å²) in [6, 6.07) is 0.109. The number of amides is 1. The zero-order chi connectivity index (χ0) is 10.7. The van der Waals surface area contributed by atoms with E-state index >= 15 is 0 Å². The van der Waals surface area contributed by atoms with Crippen molar-refractivity contribution in [2.45, 2.75) is 44.6 Å². The van der Waals surface area contributed by atoms with Gasteiger partial charge >= 0.3 is 0 Å². The van der Waals surface area contributed by atoms with E-state index in [1.54, 1.807) is 0 Å². The van der Waals surface area contributed by atoms with Crippen LogP contribution in [0.15, 0.2) is 0 Å². The van der Waals surface area contributed by atoms with E-state index in [9.17, 15) is 4.79 Å². The number of carbonyl (C=O) groups excluding carboxylic acids is 1. The highest BCUT2D eigenvalue weighted by atomic mass is 16.2. The Morgan fingerprint density at radius 1 is 1.20 bits per heavy atom. The predicted octanol–water partition coefficient (Wildman–Crippen LogP) is 1.39. The van der Waals surface area contributed by atoms with Gasteiger partial charge in [-0.25, -0.2) is 0 Å². The molecular formula is C12H22N2O. The van der Waals surface area contributed by atoms with Crippen molar-refractivity contribution in [3.05, 3.63) is 0 Å². The largest absolute Gasteiger partial charge is 0.344 e. The molecule has 1 atom stereocenters. The summed E-state index contributed by atoms with van der Waals surface area (Å²) in [5.74, 6) is 0.909. The van der Waals surface area contributed by atoms with Gasteiger partial charge in [0.25, 0.3) is 0 Å². The standard InChI is InChI=1S/C12H22N2O/c1-14-9-5-8-13-11(12(14)15)10-6-3-2-4-7-10/h10-11,13H,2-9H2,1H3. The van der Waals surface area contributed by atoms with Gasteiger partial charge in [0.1, 0.15) is 0 Å². The van der Waals surface area contributed by atoms with E-state index in [0.717, 1.165) is 19.5 Å². The van der Waals surface area contributed by atoms with Crippen molar-refractivity contribution in [3.8, 4) is 0 Å². The highest BCUT2D eigenvalue weighted by molar-refractivity contribution is 5.82. The zero-order valence-corrected chi connectivity index (χ0v) is 9.67. The molecule has 0 aromatic rings. The molecule has 86 valence electrons. The molecule has 1 saturated carbocycles. The van der Waals surface area contributed by atoms with Crippen LogP contribution in [0.5, 0.6) is 0 Å². The number of nitrogens with zero attached hydrogens (tertiary/aromatic N) is 1. The van der Waals surface area contributed by atoms with Crippen molar-refractivity contribution in [1.82, 2.24) is 10.2 Å². The second-order valence-corrected chi connectivity index (χ2v) is 4.94. The number of hydrogen-bond donors (Lipinski definition) is 1. The summed E-state index contributed by atoms with van der Waals surface area (Å²) in [6.07, 6.45) is 7.52. The highest BCUT2D eigenvalue weighted by Gasteiger charge is 2.32. The molecule has 0 spiro atoms. The van der Waals surface area contributed by atoms with Crippen LogP contribution in [0.1, 0.15) is 38.5 Å². The van der Waals surface area contributed by atoms with Gasteiger partial charge in [0.05, 0.1) is 6.04 Å². The minimum absolute atomic E-state index is 0.109. The maximum atomic E-state index is 12.1. The summed E-state index contributed by atoms with van der Waals surface area (Å²) >= 11 is 0. The fourth-order valence-electron chi connectivity index (χ4n) is 2.84. The Kier molecular flexibility index (Phi) is 3.62. The molecule has 0 bridgehead atoms. The summed E-state index contributed by atoms with van der Waals surface area (Å²) < 4.78 is 0. The highest BCUT2D eigenvalue weighted by Crippen LogP contribution is 2.27. The fraction of sp³-hybridized carbons (Fsp3) is 0.917. The van der Waals surface area contributed by atoms with Crippen LogP contribution in [0.2, 0.25) is 0 Å². The average Bonchev–Trinajstić information content (AvgIpc) is 2.44. The van der Waals surface area contributed by atoms with Crippen LogP contribution in [0, 0.1) is 5.92 Å². The third-order valence-electron chi connectivity index (χ3n) is 3.80. The molecule has 2 fully saturated rings. The molecule has 1 N–H and O–H groups in total. The van der Waals surface area contributed by atoms with Crippen molar-refractivity contribution in [1.29, 1.82) is 0 Å². The van der Waals surface area contributed by atoms with Gasteiger partial charge in [0.2, 0.25) is 5.91 Å². The third kappa shape index (κ3) is 2.51. The van der Waals surface area contributed by atoms with Gasteiger partial charge in [0, 0.05) is 13.6 Å². The van der Waals surface area contributed by atoms with Gasteiger partial charge in [-0.2, -0.15) is 0 Å². The maximum absolute atomic E-state index is 12.1. The molecule has 15 heavy (non-hydrogen) atoms. The van der Waals surface area contributed by atoms with E-state index < -0.39 is 0 Å². The molecule has 1 aliphatic carbocycles. The Labute approximate surface area is 92.2 Å². The molecule has 1 unspecified atom stereocenters. The van der Waals surface area contributed by atoms with E-state index in [1.165, 1.54) is 32.1 Å². The summed E-state index contributed by atoms with van der Waals surface area (Å²) in [4.78, 5) is 14.0. The van der Waals surface area contributed by atoms with Crippen LogP contribution in [0.3, 0.4) is 0 Å². The number of hydrogen-bond acceptors (Lipinski definition) is 2. The lowest BCUT2D eigenvalue weighted by molar-refractivity contribution is -0.133. The van der Waals surface area contributed by atoms with Crippen molar-refractivity contribution in [2.75, 3.05) is 20.1 Å². The van der Waals surface area contributed by atoms with E-state index in [4.69, 9.17) is 0 Å². The molecule has 3 heteroatoms. The Bertz CT molecular complexity index is 224. The van der Waals surface area contributed by atoms with Crippen molar-refractivity contribution < 1.29 is 4.79 Å². The molecule has 0 aromatic heterocycles. The zero-order valence-electron chi connectivity index (χ0n) is 9.67. The summed E-state index contributed by atoms with van der Waals surface area (Å²) in [5, 5.41) is 3.44. The summed E-state index contributed by atoms with van der Waals surface area (Å²) in [6.45, 7) is 1.91. The molecule has 1 heterocycles. The van der Waals surface area contributed by atoms with E-state index in [1.807, 2.05) is 11.9 Å². The van der Waals surface area contributed by atoms with E-state index in [2.05, 4.69) is 5.32 Å². The topological polar surface area (TPSA) is 32.3 Å². The predicted molar refractivity (Wildman–Crippen MR) is 60.6 cm³/mol. The number of rotatable bonds is 1. The summed E-state index contributed by atoms with van der Waals surface area (Å²) in [7, 11) is 1.94. The van der Waals surface area contributed by atoms with Crippen LogP contribution < -0.4 is 5.32 Å². The number of nitrogens with one attached hydrogen (secondary N) is 1. The van der Waals surface area contributed by atoms with Gasteiger partial charge in [-0.15, -0.1) is 0 Å². The van der Waals surface area contributed by atoms with Crippen LogP contribution in [0.25, 0.3) is 0 Å². The average molecular weight is 210 g/mol. The SMILES string of the molecule is CN1CCCNC(C2CCCCC2)C1=O. The van der Waals surface area contributed by atoms with Crippen LogP contribution >= 0.6 is 0 Å². The van der Waals surface area contributed by atoms with Gasteiger partial charge in [-0.05, 0) is 31.7 Å². The molecule has 0 aromatic carbocycles. The molecule has 1 saturated heterocycles. The van der Waals surface area contributed by atoms with Crippen molar-refractivity contribution in [3.63, 3.8) is 0 Å². The third-order valence-corrected chi connectivity index (χ3v) is 3.80. The maximum Gasteiger partial charge on any atom is 0.239 e. The lowest BCUT2D eigenvalue weighted by Crippen LogP contribution is -2.47. The van der Waals surface area contributed by atoms with Gasteiger partial charge in [0.15, 0.2) is 0 Å². The normalized spacial score (nSPS) is 30.3. The second-order valence-electron chi connectivity index (χ2n) is 4.94. The first-order chi connectivity index (χ1) is 7.29. The molecule has 2 rings (SSSR count). The molecule has 1 amide bonds. The van der Waals surface area contributed by atoms with E-state index in [-0.39, 0.29) is 6.04 Å². The minimum atomic E-state index is 0.109. The van der Waals surface area contributed by atoms with Gasteiger partial charge in [-0.1, -0.05) is 19.3 Å². The fourth-order valence-corrected chi connectivity index (χ4v) is 2.84. The minimum Gasteiger partial charge on any atom is -0.344 e. The Morgan fingerprint density at radius 2 is 1.93 bits per heavy atom. The van der Waals surface area contributed by atoms with Crippen LogP contribution in [0.4, 0.5) is 0 Å². The first-order valence-electron chi connectivity index (χ1n) is 6.27. The number of likely N-dealkylation sites (N-methyl/N-ethyl adjacent to an activating group) is 1. The first-order valence-corrected chi connectivity index (χ1v) is 6.27. The molecule has 1 aliphatic heterocycles. The quantitative estimate of drug-likeness (QED) is 0.709. The van der Waals surface area contributed by atoms with Gasteiger partial charge < -0.3 is 10.2 Å². The van der Waals surface area contributed by atoms with Crippen LogP contribution in [-0.2, 0) is 4.79 Å². The van der Waals surface area contributed by atoms with Crippen molar-refractivity contribution >= 4 is 5.91 Å². The molecule has 3 nitrogen and oxygen atoms in total. The van der Waals surface area contributed by atoms with Crippen LogP contribution in [-0.4, -0.2) is 37.0 Å². The molecular weight excluding hydrogens is 188 g/mol. The monoisotopic (exact) mass is 210 g/mol. The summed E-state index contributed by atoms with van der Waals surface area (Å²) in [5.41, 5.74) is 0. The van der Waals surface area contributed by atoms with Crippen molar-refractivity contribution in [2.24, 2.45) is 5.92 Å². The Morgan fingerprint density at radius 3 is 2.67 bits per heavy atom. The molecule has 2 aliphatic rings. The lowest BCUT2D eigenvalue weighted by Gasteiger charge is -2.30. The van der Waals surface area contributed by atoms with Gasteiger partial charge in [-0.3, -0.25) is 4.79 Å². The first kappa shape index (κ1) is 10.9. The number of carbonyl (C=O) groups is 1. The Hall–Kier alpha value is -0.570. The lowest BCUT2D eigenvalue weighted by atomic mass is 9.83. The Balaban J connectivity index is 2.00. The second kappa shape index (κ2) is 4.97.